The number of amides is 1. The topological polar surface area (TPSA) is 62.2 Å². The summed E-state index contributed by atoms with van der Waals surface area (Å²) in [4.78, 5) is 16.4. The fourth-order valence-corrected chi connectivity index (χ4v) is 2.48. The number of nitrogens with one attached hydrogen (secondary N) is 1. The number of para-hydroxylation sites is 1. The highest BCUT2D eigenvalue weighted by molar-refractivity contribution is 7.14. The lowest BCUT2D eigenvalue weighted by atomic mass is 10.1. The van der Waals surface area contributed by atoms with Crippen LogP contribution in [-0.4, -0.2) is 16.0 Å². The molecule has 2 N–H and O–H groups in total. The molecule has 1 amide bonds. The molecule has 0 aliphatic heterocycles. The summed E-state index contributed by atoms with van der Waals surface area (Å²) in [5, 5.41) is 15.0. The first-order valence-electron chi connectivity index (χ1n) is 6.04. The van der Waals surface area contributed by atoms with Crippen molar-refractivity contribution >= 4 is 22.4 Å². The fourth-order valence-electron chi connectivity index (χ4n) is 1.62. The molecule has 0 saturated carbocycles. The summed E-state index contributed by atoms with van der Waals surface area (Å²) in [6.45, 7) is 5.85. The number of phenols is 1. The second kappa shape index (κ2) is 5.40. The van der Waals surface area contributed by atoms with Crippen LogP contribution in [0.1, 0.15) is 41.4 Å². The Morgan fingerprint density at radius 2 is 2.16 bits per heavy atom. The Morgan fingerprint density at radius 1 is 1.42 bits per heavy atom. The van der Waals surface area contributed by atoms with E-state index in [1.807, 2.05) is 19.2 Å². The number of hydrogen-bond donors (Lipinski definition) is 2. The van der Waals surface area contributed by atoms with E-state index in [4.69, 9.17) is 0 Å². The van der Waals surface area contributed by atoms with Crippen molar-refractivity contribution in [3.05, 3.63) is 40.4 Å². The number of carbonyl (C=O) groups excluding carboxylic acids is 1. The molecule has 0 aliphatic rings. The van der Waals surface area contributed by atoms with Crippen LogP contribution in [-0.2, 0) is 0 Å². The molecule has 0 saturated heterocycles. The van der Waals surface area contributed by atoms with E-state index < -0.39 is 0 Å². The highest BCUT2D eigenvalue weighted by atomic mass is 32.1. The summed E-state index contributed by atoms with van der Waals surface area (Å²) in [6, 6.07) is 5.09. The van der Waals surface area contributed by atoms with Crippen molar-refractivity contribution in [2.24, 2.45) is 0 Å². The molecular formula is C14H16N2O2S. The van der Waals surface area contributed by atoms with E-state index in [9.17, 15) is 9.90 Å². The summed E-state index contributed by atoms with van der Waals surface area (Å²) in [7, 11) is 0. The van der Waals surface area contributed by atoms with Crippen LogP contribution in [0, 0.1) is 6.92 Å². The van der Waals surface area contributed by atoms with Crippen LogP contribution in [0.5, 0.6) is 5.75 Å². The number of nitrogens with zero attached hydrogens (tertiary/aromatic N) is 1. The van der Waals surface area contributed by atoms with Crippen LogP contribution in [0.2, 0.25) is 0 Å². The number of aromatic nitrogens is 1. The van der Waals surface area contributed by atoms with Crippen molar-refractivity contribution in [2.75, 3.05) is 5.32 Å². The monoisotopic (exact) mass is 276 g/mol. The first-order chi connectivity index (χ1) is 8.99. The molecule has 0 spiro atoms. The van der Waals surface area contributed by atoms with Crippen molar-refractivity contribution in [2.45, 2.75) is 26.7 Å². The van der Waals surface area contributed by atoms with Crippen LogP contribution >= 0.6 is 11.3 Å². The first-order valence-corrected chi connectivity index (χ1v) is 6.92. The molecule has 4 nitrogen and oxygen atoms in total. The lowest BCUT2D eigenvalue weighted by Gasteiger charge is -2.06. The van der Waals surface area contributed by atoms with Gasteiger partial charge in [0.2, 0.25) is 0 Å². The van der Waals surface area contributed by atoms with Crippen molar-refractivity contribution in [1.82, 2.24) is 4.98 Å². The number of rotatable bonds is 3. The third-order valence-electron chi connectivity index (χ3n) is 2.82. The Balaban J connectivity index is 2.18. The molecule has 1 aromatic carbocycles. The summed E-state index contributed by atoms with van der Waals surface area (Å²) < 4.78 is 0. The van der Waals surface area contributed by atoms with E-state index in [0.717, 1.165) is 5.69 Å². The lowest BCUT2D eigenvalue weighted by molar-refractivity contribution is 0.102. The van der Waals surface area contributed by atoms with E-state index in [-0.39, 0.29) is 17.2 Å². The summed E-state index contributed by atoms with van der Waals surface area (Å²) in [5.41, 5.74) is 1.89. The standard InChI is InChI=1S/C14H16N2O2S/c1-8(2)11-7-19-14(15-11)16-13(18)10-6-4-5-9(3)12(10)17/h4-8,17H,1-3H3,(H,15,16,18). The van der Waals surface area contributed by atoms with Gasteiger partial charge in [-0.3, -0.25) is 10.1 Å². The number of anilines is 1. The highest BCUT2D eigenvalue weighted by Gasteiger charge is 2.14. The van der Waals surface area contributed by atoms with Gasteiger partial charge in [0.05, 0.1) is 11.3 Å². The highest BCUT2D eigenvalue weighted by Crippen LogP contribution is 2.25. The molecule has 2 aromatic rings. The van der Waals surface area contributed by atoms with Crippen LogP contribution in [0.15, 0.2) is 23.6 Å². The van der Waals surface area contributed by atoms with Gasteiger partial charge >= 0.3 is 0 Å². The van der Waals surface area contributed by atoms with Crippen LogP contribution in [0.4, 0.5) is 5.13 Å². The molecule has 0 radical (unpaired) electrons. The van der Waals surface area contributed by atoms with Crippen molar-refractivity contribution in [1.29, 1.82) is 0 Å². The van der Waals surface area contributed by atoms with Gasteiger partial charge in [0.15, 0.2) is 5.13 Å². The molecule has 5 heteroatoms. The molecule has 0 aliphatic carbocycles. The molecule has 1 heterocycles. The average molecular weight is 276 g/mol. The molecule has 0 unspecified atom stereocenters. The van der Waals surface area contributed by atoms with Gasteiger partial charge in [-0.25, -0.2) is 4.98 Å². The predicted molar refractivity (Wildman–Crippen MR) is 77.0 cm³/mol. The van der Waals surface area contributed by atoms with Crippen molar-refractivity contribution < 1.29 is 9.90 Å². The summed E-state index contributed by atoms with van der Waals surface area (Å²) in [5.74, 6) is 0.000713. The summed E-state index contributed by atoms with van der Waals surface area (Å²) in [6.07, 6.45) is 0. The quantitative estimate of drug-likeness (QED) is 0.901. The zero-order valence-corrected chi connectivity index (χ0v) is 11.9. The molecular weight excluding hydrogens is 260 g/mol. The largest absolute Gasteiger partial charge is 0.507 e. The molecule has 0 bridgehead atoms. The van der Waals surface area contributed by atoms with E-state index in [0.29, 0.717) is 16.6 Å². The Labute approximate surface area is 116 Å². The van der Waals surface area contributed by atoms with Gasteiger partial charge in [0, 0.05) is 5.38 Å². The maximum absolute atomic E-state index is 12.1. The average Bonchev–Trinajstić information content (AvgIpc) is 2.81. The van der Waals surface area contributed by atoms with Crippen molar-refractivity contribution in [3.8, 4) is 5.75 Å². The fraction of sp³-hybridized carbons (Fsp3) is 0.286. The zero-order valence-electron chi connectivity index (χ0n) is 11.1. The van der Waals surface area contributed by atoms with Crippen LogP contribution in [0.3, 0.4) is 0 Å². The van der Waals surface area contributed by atoms with Gasteiger partial charge in [-0.2, -0.15) is 0 Å². The molecule has 1 aromatic heterocycles. The molecule has 0 atom stereocenters. The number of hydrogen-bond acceptors (Lipinski definition) is 4. The Morgan fingerprint density at radius 3 is 2.79 bits per heavy atom. The first kappa shape index (κ1) is 13.5. The van der Waals surface area contributed by atoms with Gasteiger partial charge < -0.3 is 5.11 Å². The second-order valence-corrected chi connectivity index (χ2v) is 5.52. The third kappa shape index (κ3) is 2.93. The normalized spacial score (nSPS) is 10.7. The maximum Gasteiger partial charge on any atom is 0.261 e. The van der Waals surface area contributed by atoms with E-state index >= 15 is 0 Å². The molecule has 2 rings (SSSR count). The van der Waals surface area contributed by atoms with E-state index in [1.165, 1.54) is 11.3 Å². The maximum atomic E-state index is 12.1. The predicted octanol–water partition coefficient (Wildman–Crippen LogP) is 3.53. The Kier molecular flexibility index (Phi) is 3.85. The van der Waals surface area contributed by atoms with Gasteiger partial charge in [0.25, 0.3) is 5.91 Å². The minimum Gasteiger partial charge on any atom is -0.507 e. The summed E-state index contributed by atoms with van der Waals surface area (Å²) >= 11 is 1.39. The third-order valence-corrected chi connectivity index (χ3v) is 3.59. The number of aromatic hydroxyl groups is 1. The van der Waals surface area contributed by atoms with Gasteiger partial charge in [-0.1, -0.05) is 26.0 Å². The number of thiazole rings is 1. The lowest BCUT2D eigenvalue weighted by Crippen LogP contribution is -2.12. The number of aryl methyl sites for hydroxylation is 1. The molecule has 19 heavy (non-hydrogen) atoms. The van der Waals surface area contributed by atoms with E-state index in [2.05, 4.69) is 10.3 Å². The molecule has 0 fully saturated rings. The number of phenolic OH excluding ortho intramolecular Hbond substituents is 1. The Hall–Kier alpha value is -1.88. The van der Waals surface area contributed by atoms with Crippen LogP contribution in [0.25, 0.3) is 0 Å². The van der Waals surface area contributed by atoms with Crippen LogP contribution < -0.4 is 5.32 Å². The minimum absolute atomic E-state index is 0.0145. The van der Waals surface area contributed by atoms with Gasteiger partial charge in [-0.15, -0.1) is 11.3 Å². The second-order valence-electron chi connectivity index (χ2n) is 4.66. The number of carbonyl (C=O) groups is 1. The SMILES string of the molecule is Cc1cccc(C(=O)Nc2nc(C(C)C)cs2)c1O. The zero-order chi connectivity index (χ0) is 14.0. The smallest absolute Gasteiger partial charge is 0.261 e. The minimum atomic E-state index is -0.342. The molecule has 100 valence electrons. The van der Waals surface area contributed by atoms with E-state index in [1.54, 1.807) is 25.1 Å². The number of benzene rings is 1. The van der Waals surface area contributed by atoms with Crippen molar-refractivity contribution in [3.63, 3.8) is 0 Å². The van der Waals surface area contributed by atoms with Gasteiger partial charge in [-0.05, 0) is 24.5 Å². The van der Waals surface area contributed by atoms with Gasteiger partial charge in [0.1, 0.15) is 5.75 Å². The Bertz CT molecular complexity index is 605.